The van der Waals surface area contributed by atoms with E-state index >= 15 is 0 Å². The molecule has 2 aliphatic rings. The Morgan fingerprint density at radius 3 is 2.60 bits per heavy atom. The number of likely N-dealkylation sites (tertiary alicyclic amines) is 1. The van der Waals surface area contributed by atoms with Crippen molar-refractivity contribution in [3.63, 3.8) is 0 Å². The van der Waals surface area contributed by atoms with Gasteiger partial charge in [0.2, 0.25) is 0 Å². The predicted molar refractivity (Wildman–Crippen MR) is 96.1 cm³/mol. The molecule has 2 N–H and O–H groups in total. The van der Waals surface area contributed by atoms with E-state index in [9.17, 15) is 14.3 Å². The summed E-state index contributed by atoms with van der Waals surface area (Å²) >= 11 is 0. The number of carbonyl (C=O) groups excluding carboxylic acids is 1. The zero-order chi connectivity index (χ0) is 17.9. The molecule has 0 atom stereocenters. The number of carbonyl (C=O) groups is 1. The first-order valence-corrected chi connectivity index (χ1v) is 9.47. The molecule has 1 aliphatic heterocycles. The molecule has 4 nitrogen and oxygen atoms in total. The molecule has 1 heterocycles. The molecule has 1 saturated carbocycles. The average Bonchev–Trinajstić information content (AvgIpc) is 2.59. The summed E-state index contributed by atoms with van der Waals surface area (Å²) in [7, 11) is 0. The predicted octanol–water partition coefficient (Wildman–Crippen LogP) is 3.02. The zero-order valence-electron chi connectivity index (χ0n) is 15.1. The van der Waals surface area contributed by atoms with E-state index in [1.54, 1.807) is 13.0 Å². The van der Waals surface area contributed by atoms with Crippen molar-refractivity contribution in [2.75, 3.05) is 19.6 Å². The molecule has 1 saturated heterocycles. The average molecular weight is 348 g/mol. The van der Waals surface area contributed by atoms with Gasteiger partial charge in [0, 0.05) is 31.2 Å². The normalized spacial score (nSPS) is 21.9. The molecule has 2 fully saturated rings. The summed E-state index contributed by atoms with van der Waals surface area (Å²) < 4.78 is 13.3. The third kappa shape index (κ3) is 4.79. The number of aryl methyl sites for hydroxylation is 1. The highest BCUT2D eigenvalue weighted by molar-refractivity contribution is 5.94. The van der Waals surface area contributed by atoms with Crippen LogP contribution in [0, 0.1) is 12.7 Å². The Morgan fingerprint density at radius 2 is 1.96 bits per heavy atom. The van der Waals surface area contributed by atoms with Crippen molar-refractivity contribution in [1.29, 1.82) is 0 Å². The lowest BCUT2D eigenvalue weighted by Gasteiger charge is -2.40. The lowest BCUT2D eigenvalue weighted by Crippen LogP contribution is -2.50. The molecule has 25 heavy (non-hydrogen) atoms. The maximum atomic E-state index is 13.3. The van der Waals surface area contributed by atoms with Crippen LogP contribution >= 0.6 is 0 Å². The molecule has 0 spiro atoms. The van der Waals surface area contributed by atoms with Crippen LogP contribution in [0.1, 0.15) is 60.9 Å². The van der Waals surface area contributed by atoms with Gasteiger partial charge in [-0.2, -0.15) is 0 Å². The topological polar surface area (TPSA) is 52.6 Å². The van der Waals surface area contributed by atoms with E-state index in [1.165, 1.54) is 18.6 Å². The quantitative estimate of drug-likeness (QED) is 0.879. The van der Waals surface area contributed by atoms with E-state index in [0.29, 0.717) is 11.1 Å². The first-order chi connectivity index (χ1) is 12.0. The Balaban J connectivity index is 1.47. The summed E-state index contributed by atoms with van der Waals surface area (Å²) in [5.41, 5.74) is 0.487. The Morgan fingerprint density at radius 1 is 1.28 bits per heavy atom. The molecule has 0 unspecified atom stereocenters. The van der Waals surface area contributed by atoms with Crippen molar-refractivity contribution in [2.45, 2.75) is 63.5 Å². The van der Waals surface area contributed by atoms with Gasteiger partial charge in [-0.25, -0.2) is 4.39 Å². The fourth-order valence-electron chi connectivity index (χ4n) is 4.07. The summed E-state index contributed by atoms with van der Waals surface area (Å²) in [5.74, 6) is -0.419. The summed E-state index contributed by atoms with van der Waals surface area (Å²) in [6, 6.07) is 4.62. The van der Waals surface area contributed by atoms with Gasteiger partial charge in [0.1, 0.15) is 5.82 Å². The summed E-state index contributed by atoms with van der Waals surface area (Å²) in [6.07, 6.45) is 7.09. The van der Waals surface area contributed by atoms with E-state index < -0.39 is 5.60 Å². The van der Waals surface area contributed by atoms with Gasteiger partial charge < -0.3 is 15.3 Å². The molecule has 1 aliphatic carbocycles. The third-order valence-corrected chi connectivity index (χ3v) is 5.65. The number of nitrogens with zero attached hydrogens (tertiary/aromatic N) is 1. The SMILES string of the molecule is Cc1cc(C(=O)NC2CCN(CC3(O)CCCCC3)CC2)ccc1F. The van der Waals surface area contributed by atoms with Gasteiger partial charge >= 0.3 is 0 Å². The van der Waals surface area contributed by atoms with Crippen molar-refractivity contribution in [1.82, 2.24) is 10.2 Å². The van der Waals surface area contributed by atoms with Crippen LogP contribution in [-0.4, -0.2) is 47.2 Å². The summed E-state index contributed by atoms with van der Waals surface area (Å²) in [5, 5.41) is 13.8. The van der Waals surface area contributed by atoms with Crippen LogP contribution in [0.5, 0.6) is 0 Å². The van der Waals surface area contributed by atoms with E-state index in [4.69, 9.17) is 0 Å². The fourth-order valence-corrected chi connectivity index (χ4v) is 4.07. The fraction of sp³-hybridized carbons (Fsp3) is 0.650. The number of hydrogen-bond donors (Lipinski definition) is 2. The lowest BCUT2D eigenvalue weighted by molar-refractivity contribution is -0.0312. The van der Waals surface area contributed by atoms with Gasteiger partial charge in [0.15, 0.2) is 0 Å². The molecule has 138 valence electrons. The number of aliphatic hydroxyl groups is 1. The first kappa shape index (κ1) is 18.3. The minimum Gasteiger partial charge on any atom is -0.389 e. The number of amides is 1. The van der Waals surface area contributed by atoms with Crippen molar-refractivity contribution in [3.05, 3.63) is 35.1 Å². The van der Waals surface area contributed by atoms with E-state index in [0.717, 1.165) is 58.2 Å². The molecular weight excluding hydrogens is 319 g/mol. The maximum absolute atomic E-state index is 13.3. The second-order valence-corrected chi connectivity index (χ2v) is 7.77. The lowest BCUT2D eigenvalue weighted by atomic mass is 9.84. The molecule has 0 bridgehead atoms. The smallest absolute Gasteiger partial charge is 0.251 e. The second kappa shape index (κ2) is 7.83. The Bertz CT molecular complexity index is 606. The van der Waals surface area contributed by atoms with Crippen molar-refractivity contribution < 1.29 is 14.3 Å². The number of halogens is 1. The molecular formula is C20H29FN2O2. The van der Waals surface area contributed by atoms with E-state index in [-0.39, 0.29) is 17.8 Å². The first-order valence-electron chi connectivity index (χ1n) is 9.47. The molecule has 5 heteroatoms. The highest BCUT2D eigenvalue weighted by Gasteiger charge is 2.32. The van der Waals surface area contributed by atoms with Gasteiger partial charge in [-0.3, -0.25) is 4.79 Å². The molecule has 1 aromatic rings. The Hall–Kier alpha value is -1.46. The second-order valence-electron chi connectivity index (χ2n) is 7.77. The van der Waals surface area contributed by atoms with E-state index in [1.807, 2.05) is 0 Å². The Labute approximate surface area is 149 Å². The highest BCUT2D eigenvalue weighted by atomic mass is 19.1. The van der Waals surface area contributed by atoms with Crippen LogP contribution in [0.4, 0.5) is 4.39 Å². The van der Waals surface area contributed by atoms with Crippen molar-refractivity contribution >= 4 is 5.91 Å². The zero-order valence-corrected chi connectivity index (χ0v) is 15.1. The van der Waals surface area contributed by atoms with Gasteiger partial charge in [-0.15, -0.1) is 0 Å². The van der Waals surface area contributed by atoms with Crippen molar-refractivity contribution in [3.8, 4) is 0 Å². The van der Waals surface area contributed by atoms with Gasteiger partial charge in [-0.05, 0) is 56.4 Å². The highest BCUT2D eigenvalue weighted by Crippen LogP contribution is 2.29. The number of hydrogen-bond acceptors (Lipinski definition) is 3. The molecule has 0 aromatic heterocycles. The monoisotopic (exact) mass is 348 g/mol. The van der Waals surface area contributed by atoms with Crippen LogP contribution < -0.4 is 5.32 Å². The van der Waals surface area contributed by atoms with E-state index in [2.05, 4.69) is 10.2 Å². The largest absolute Gasteiger partial charge is 0.389 e. The van der Waals surface area contributed by atoms with Crippen LogP contribution in [0.25, 0.3) is 0 Å². The minimum atomic E-state index is -0.514. The molecule has 0 radical (unpaired) electrons. The van der Waals surface area contributed by atoms with Crippen LogP contribution in [0.2, 0.25) is 0 Å². The summed E-state index contributed by atoms with van der Waals surface area (Å²) in [6.45, 7) is 4.22. The standard InChI is InChI=1S/C20H29FN2O2/c1-15-13-16(5-6-18(15)21)19(24)22-17-7-11-23(12-8-17)14-20(25)9-3-2-4-10-20/h5-6,13,17,25H,2-4,7-12,14H2,1H3,(H,22,24). The maximum Gasteiger partial charge on any atom is 0.251 e. The van der Waals surface area contributed by atoms with Gasteiger partial charge in [-0.1, -0.05) is 19.3 Å². The number of β-amino-alcohol motifs (C(OH)–C–C–N with tert-alkyl or cyclic N) is 1. The number of rotatable bonds is 4. The number of benzene rings is 1. The van der Waals surface area contributed by atoms with Crippen LogP contribution in [0.15, 0.2) is 18.2 Å². The van der Waals surface area contributed by atoms with Gasteiger partial charge in [0.05, 0.1) is 5.60 Å². The summed E-state index contributed by atoms with van der Waals surface area (Å²) in [4.78, 5) is 14.7. The van der Waals surface area contributed by atoms with Crippen molar-refractivity contribution in [2.24, 2.45) is 0 Å². The Kier molecular flexibility index (Phi) is 5.74. The van der Waals surface area contributed by atoms with Crippen LogP contribution in [-0.2, 0) is 0 Å². The number of nitrogens with one attached hydrogen (secondary N) is 1. The third-order valence-electron chi connectivity index (χ3n) is 5.65. The van der Waals surface area contributed by atoms with Gasteiger partial charge in [0.25, 0.3) is 5.91 Å². The molecule has 1 amide bonds. The molecule has 1 aromatic carbocycles. The van der Waals surface area contributed by atoms with Crippen LogP contribution in [0.3, 0.4) is 0 Å². The number of piperidine rings is 1. The molecule has 3 rings (SSSR count). The minimum absolute atomic E-state index is 0.132.